The Bertz CT molecular complexity index is 450. The van der Waals surface area contributed by atoms with Crippen LogP contribution in [-0.2, 0) is 0 Å². The number of hydrogen-bond acceptors (Lipinski definition) is 3. The van der Waals surface area contributed by atoms with E-state index in [1.165, 1.54) is 18.6 Å². The van der Waals surface area contributed by atoms with Crippen LogP contribution in [0.4, 0.5) is 5.69 Å². The molecule has 0 radical (unpaired) electrons. The fourth-order valence-corrected chi connectivity index (χ4v) is 4.41. The van der Waals surface area contributed by atoms with Crippen molar-refractivity contribution in [1.82, 2.24) is 0 Å². The molecule has 1 aromatic carbocycles. The zero-order chi connectivity index (χ0) is 9.42. The Balaban J connectivity index is 2.85. The molecule has 0 fully saturated rings. The van der Waals surface area contributed by atoms with E-state index in [1.807, 2.05) is 5.38 Å². The van der Waals surface area contributed by atoms with Crippen LogP contribution in [0.3, 0.4) is 0 Å². The highest BCUT2D eigenvalue weighted by molar-refractivity contribution is 14.1. The summed E-state index contributed by atoms with van der Waals surface area (Å²) in [4.78, 5) is 1.35. The Morgan fingerprint density at radius 3 is 2.92 bits per heavy atom. The lowest BCUT2D eigenvalue weighted by atomic mass is 10.2. The molecule has 2 N–H and O–H groups in total. The maximum atomic E-state index is 5.85. The number of hydrogen-bond donors (Lipinski definition) is 1. The second-order valence-electron chi connectivity index (χ2n) is 2.65. The van der Waals surface area contributed by atoms with Crippen LogP contribution in [0.1, 0.15) is 0 Å². The van der Waals surface area contributed by atoms with E-state index in [9.17, 15) is 0 Å². The first kappa shape index (κ1) is 9.61. The number of thioether (sulfide) groups is 1. The van der Waals surface area contributed by atoms with Crippen molar-refractivity contribution in [3.63, 3.8) is 0 Å². The van der Waals surface area contributed by atoms with Gasteiger partial charge in [0.25, 0.3) is 0 Å². The van der Waals surface area contributed by atoms with Gasteiger partial charge in [-0.05, 0) is 34.9 Å². The van der Waals surface area contributed by atoms with E-state index in [0.717, 1.165) is 5.69 Å². The van der Waals surface area contributed by atoms with Crippen molar-refractivity contribution in [3.05, 3.63) is 21.1 Å². The molecule has 2 rings (SSSR count). The maximum absolute atomic E-state index is 5.85. The average Bonchev–Trinajstić information content (AvgIpc) is 2.48. The first-order valence-electron chi connectivity index (χ1n) is 3.73. The fraction of sp³-hybridized carbons (Fsp3) is 0.111. The Kier molecular flexibility index (Phi) is 2.71. The maximum Gasteiger partial charge on any atom is 0.0510 e. The lowest BCUT2D eigenvalue weighted by Gasteiger charge is -2.01. The summed E-state index contributed by atoms with van der Waals surface area (Å²) in [6, 6.07) is 4.22. The van der Waals surface area contributed by atoms with Gasteiger partial charge >= 0.3 is 0 Å². The molecule has 0 saturated heterocycles. The van der Waals surface area contributed by atoms with Crippen LogP contribution in [-0.4, -0.2) is 6.26 Å². The highest BCUT2D eigenvalue weighted by Gasteiger charge is 2.08. The van der Waals surface area contributed by atoms with E-state index in [2.05, 4.69) is 41.0 Å². The van der Waals surface area contributed by atoms with Crippen molar-refractivity contribution in [2.45, 2.75) is 4.90 Å². The van der Waals surface area contributed by atoms with E-state index in [4.69, 9.17) is 5.73 Å². The predicted octanol–water partition coefficient (Wildman–Crippen LogP) is 3.81. The zero-order valence-corrected chi connectivity index (χ0v) is 10.8. The Morgan fingerprint density at radius 1 is 1.46 bits per heavy atom. The van der Waals surface area contributed by atoms with Gasteiger partial charge in [0, 0.05) is 19.2 Å². The largest absolute Gasteiger partial charge is 0.398 e. The number of rotatable bonds is 1. The summed E-state index contributed by atoms with van der Waals surface area (Å²) in [6.07, 6.45) is 2.10. The van der Waals surface area contributed by atoms with Crippen LogP contribution in [0.2, 0.25) is 0 Å². The number of benzene rings is 1. The molecule has 2 aromatic rings. The quantitative estimate of drug-likeness (QED) is 0.638. The van der Waals surface area contributed by atoms with Crippen molar-refractivity contribution in [3.8, 4) is 0 Å². The number of anilines is 1. The van der Waals surface area contributed by atoms with Gasteiger partial charge in [-0.25, -0.2) is 0 Å². The van der Waals surface area contributed by atoms with E-state index < -0.39 is 0 Å². The van der Waals surface area contributed by atoms with Crippen molar-refractivity contribution in [2.24, 2.45) is 0 Å². The van der Waals surface area contributed by atoms with Gasteiger partial charge in [0.2, 0.25) is 0 Å². The minimum Gasteiger partial charge on any atom is -0.398 e. The van der Waals surface area contributed by atoms with E-state index in [1.54, 1.807) is 23.1 Å². The van der Waals surface area contributed by atoms with Crippen molar-refractivity contribution < 1.29 is 0 Å². The van der Waals surface area contributed by atoms with Gasteiger partial charge in [-0.15, -0.1) is 23.1 Å². The second kappa shape index (κ2) is 3.67. The van der Waals surface area contributed by atoms with Gasteiger partial charge in [-0.2, -0.15) is 0 Å². The number of nitrogens with two attached hydrogens (primary N) is 1. The van der Waals surface area contributed by atoms with E-state index in [0.29, 0.717) is 0 Å². The Labute approximate surface area is 98.8 Å². The Morgan fingerprint density at radius 2 is 2.23 bits per heavy atom. The number of fused-ring (bicyclic) bond motifs is 1. The third kappa shape index (κ3) is 1.55. The van der Waals surface area contributed by atoms with Crippen LogP contribution < -0.4 is 5.73 Å². The molecule has 0 bridgehead atoms. The van der Waals surface area contributed by atoms with Gasteiger partial charge in [-0.3, -0.25) is 0 Å². The summed E-state index contributed by atoms with van der Waals surface area (Å²) < 4.78 is 2.62. The summed E-state index contributed by atoms with van der Waals surface area (Å²) in [6.45, 7) is 0. The lowest BCUT2D eigenvalue weighted by molar-refractivity contribution is 1.51. The molecular formula is C9H8INS2. The van der Waals surface area contributed by atoms with Crippen molar-refractivity contribution in [2.75, 3.05) is 12.0 Å². The second-order valence-corrected chi connectivity index (χ2v) is 5.51. The van der Waals surface area contributed by atoms with Crippen LogP contribution in [0.15, 0.2) is 22.4 Å². The van der Waals surface area contributed by atoms with Crippen LogP contribution >= 0.6 is 45.7 Å². The summed E-state index contributed by atoms with van der Waals surface area (Å²) >= 11 is 5.88. The molecular weight excluding hydrogens is 313 g/mol. The molecule has 0 amide bonds. The molecule has 0 aliphatic carbocycles. The van der Waals surface area contributed by atoms with E-state index >= 15 is 0 Å². The first-order valence-corrected chi connectivity index (χ1v) is 6.91. The fourth-order valence-electron chi connectivity index (χ4n) is 1.26. The van der Waals surface area contributed by atoms with Gasteiger partial charge < -0.3 is 5.73 Å². The van der Waals surface area contributed by atoms with Gasteiger partial charge in [0.1, 0.15) is 0 Å². The standard InChI is InChI=1S/C9H8INS2/c1-12-9-6(10)3-2-5-7(11)4-13-8(5)9/h2-4H,11H2,1H3. The van der Waals surface area contributed by atoms with Crippen molar-refractivity contribution >= 4 is 61.5 Å². The molecule has 1 heterocycles. The number of halogens is 1. The minimum atomic E-state index is 0.895. The van der Waals surface area contributed by atoms with Crippen LogP contribution in [0.5, 0.6) is 0 Å². The summed E-state index contributed by atoms with van der Waals surface area (Å²) in [5.74, 6) is 0. The number of thiophene rings is 1. The summed E-state index contributed by atoms with van der Waals surface area (Å²) in [7, 11) is 0. The molecule has 0 unspecified atom stereocenters. The minimum absolute atomic E-state index is 0.895. The average molecular weight is 321 g/mol. The molecule has 4 heteroatoms. The first-order chi connectivity index (χ1) is 6.24. The molecule has 0 spiro atoms. The number of nitrogen functional groups attached to an aromatic ring is 1. The molecule has 0 aliphatic heterocycles. The predicted molar refractivity (Wildman–Crippen MR) is 70.7 cm³/mol. The third-order valence-electron chi connectivity index (χ3n) is 1.88. The smallest absolute Gasteiger partial charge is 0.0510 e. The van der Waals surface area contributed by atoms with Crippen LogP contribution in [0, 0.1) is 3.57 Å². The van der Waals surface area contributed by atoms with Gasteiger partial charge in [0.05, 0.1) is 10.4 Å². The molecule has 13 heavy (non-hydrogen) atoms. The Hall–Kier alpha value is 0.0600. The van der Waals surface area contributed by atoms with E-state index in [-0.39, 0.29) is 0 Å². The van der Waals surface area contributed by atoms with Gasteiger partial charge in [0.15, 0.2) is 0 Å². The highest BCUT2D eigenvalue weighted by atomic mass is 127. The zero-order valence-electron chi connectivity index (χ0n) is 7.00. The monoisotopic (exact) mass is 321 g/mol. The topological polar surface area (TPSA) is 26.0 Å². The van der Waals surface area contributed by atoms with Crippen LogP contribution in [0.25, 0.3) is 10.1 Å². The van der Waals surface area contributed by atoms with Gasteiger partial charge in [-0.1, -0.05) is 6.07 Å². The summed E-state index contributed by atoms with van der Waals surface area (Å²) in [5, 5.41) is 3.20. The molecule has 68 valence electrons. The molecule has 0 saturated carbocycles. The third-order valence-corrected chi connectivity index (χ3v) is 5.14. The SMILES string of the molecule is CSc1c(I)ccc2c(N)csc12. The molecule has 1 aromatic heterocycles. The highest BCUT2D eigenvalue weighted by Crippen LogP contribution is 2.37. The normalized spacial score (nSPS) is 10.9. The summed E-state index contributed by atoms with van der Waals surface area (Å²) in [5.41, 5.74) is 6.74. The lowest BCUT2D eigenvalue weighted by Crippen LogP contribution is -1.82. The van der Waals surface area contributed by atoms with Crippen molar-refractivity contribution in [1.29, 1.82) is 0 Å². The molecule has 1 nitrogen and oxygen atoms in total. The molecule has 0 atom stereocenters. The molecule has 0 aliphatic rings.